The zero-order valence-corrected chi connectivity index (χ0v) is 16.2. The maximum atomic E-state index is 13.2. The minimum absolute atomic E-state index is 0.0750. The molecule has 2 aromatic heterocycles. The highest BCUT2D eigenvalue weighted by atomic mass is 16.3. The van der Waals surface area contributed by atoms with Gasteiger partial charge in [-0.2, -0.15) is 0 Å². The molecule has 6 heteroatoms. The number of amides is 2. The van der Waals surface area contributed by atoms with Crippen molar-refractivity contribution in [1.82, 2.24) is 14.8 Å². The largest absolute Gasteiger partial charge is 0.467 e. The number of furan rings is 1. The summed E-state index contributed by atoms with van der Waals surface area (Å²) in [5.41, 5.74) is 2.59. The summed E-state index contributed by atoms with van der Waals surface area (Å²) in [7, 11) is 0. The van der Waals surface area contributed by atoms with Gasteiger partial charge in [-0.15, -0.1) is 0 Å². The number of benzene rings is 1. The third-order valence-corrected chi connectivity index (χ3v) is 5.06. The summed E-state index contributed by atoms with van der Waals surface area (Å²) in [6, 6.07) is 15.0. The number of aromatic nitrogens is 1. The van der Waals surface area contributed by atoms with Gasteiger partial charge in [0.2, 0.25) is 5.91 Å². The lowest BCUT2D eigenvalue weighted by Crippen LogP contribution is -2.30. The van der Waals surface area contributed by atoms with Gasteiger partial charge in [0.15, 0.2) is 0 Å². The van der Waals surface area contributed by atoms with Crippen LogP contribution in [0.5, 0.6) is 0 Å². The minimum Gasteiger partial charge on any atom is -0.467 e. The number of likely N-dealkylation sites (tertiary alicyclic amines) is 1. The van der Waals surface area contributed by atoms with Gasteiger partial charge in [-0.05, 0) is 47.9 Å². The fraction of sp³-hybridized carbons (Fsp3) is 0.261. The van der Waals surface area contributed by atoms with Crippen molar-refractivity contribution in [3.05, 3.63) is 89.6 Å². The quantitative estimate of drug-likeness (QED) is 0.619. The molecule has 1 fully saturated rings. The van der Waals surface area contributed by atoms with Crippen LogP contribution in [0.1, 0.15) is 40.1 Å². The first-order chi connectivity index (χ1) is 14.2. The van der Waals surface area contributed by atoms with E-state index in [4.69, 9.17) is 4.42 Å². The first-order valence-electron chi connectivity index (χ1n) is 9.76. The van der Waals surface area contributed by atoms with Crippen molar-refractivity contribution < 1.29 is 14.0 Å². The number of rotatable bonds is 7. The number of hydrogen-bond acceptors (Lipinski definition) is 4. The molecular formula is C23H23N3O3. The SMILES string of the molecule is O=C1CCCN1Cc1ccc(C(=O)N(Cc2cccnc2)Cc2ccco2)cc1. The monoisotopic (exact) mass is 389 g/mol. The highest BCUT2D eigenvalue weighted by Crippen LogP contribution is 2.17. The topological polar surface area (TPSA) is 66.7 Å². The normalized spacial score (nSPS) is 13.7. The molecule has 0 atom stereocenters. The summed E-state index contributed by atoms with van der Waals surface area (Å²) in [4.78, 5) is 32.8. The van der Waals surface area contributed by atoms with Crippen molar-refractivity contribution in [2.75, 3.05) is 6.54 Å². The van der Waals surface area contributed by atoms with E-state index in [1.165, 1.54) is 0 Å². The molecule has 3 heterocycles. The Kier molecular flexibility index (Phi) is 5.70. The Labute approximate surface area is 169 Å². The fourth-order valence-corrected chi connectivity index (χ4v) is 3.53. The second kappa shape index (κ2) is 8.73. The van der Waals surface area contributed by atoms with E-state index in [2.05, 4.69) is 4.98 Å². The second-order valence-corrected chi connectivity index (χ2v) is 7.22. The molecule has 0 saturated carbocycles. The lowest BCUT2D eigenvalue weighted by Gasteiger charge is -2.22. The lowest BCUT2D eigenvalue weighted by molar-refractivity contribution is -0.128. The maximum Gasteiger partial charge on any atom is 0.254 e. The Balaban J connectivity index is 1.49. The predicted molar refractivity (Wildman–Crippen MR) is 108 cm³/mol. The summed E-state index contributed by atoms with van der Waals surface area (Å²) < 4.78 is 5.44. The molecule has 0 spiro atoms. The first-order valence-corrected chi connectivity index (χ1v) is 9.76. The van der Waals surface area contributed by atoms with Gasteiger partial charge in [-0.25, -0.2) is 0 Å². The molecule has 0 aliphatic carbocycles. The summed E-state index contributed by atoms with van der Waals surface area (Å²) >= 11 is 0. The van der Waals surface area contributed by atoms with E-state index in [0.717, 1.165) is 29.9 Å². The van der Waals surface area contributed by atoms with Gasteiger partial charge in [0.1, 0.15) is 5.76 Å². The molecule has 4 rings (SSSR count). The van der Waals surface area contributed by atoms with Crippen molar-refractivity contribution in [3.8, 4) is 0 Å². The zero-order chi connectivity index (χ0) is 20.1. The molecule has 1 aliphatic rings. The average molecular weight is 389 g/mol. The lowest BCUT2D eigenvalue weighted by atomic mass is 10.1. The number of carbonyl (C=O) groups is 2. The molecule has 29 heavy (non-hydrogen) atoms. The summed E-state index contributed by atoms with van der Waals surface area (Å²) in [6.07, 6.45) is 6.64. The molecule has 2 amide bonds. The Morgan fingerprint density at radius 1 is 1.07 bits per heavy atom. The molecule has 1 aliphatic heterocycles. The Hall–Kier alpha value is -3.41. The van der Waals surface area contributed by atoms with Crippen molar-refractivity contribution in [1.29, 1.82) is 0 Å². The van der Waals surface area contributed by atoms with Crippen LogP contribution in [0.3, 0.4) is 0 Å². The zero-order valence-electron chi connectivity index (χ0n) is 16.2. The second-order valence-electron chi connectivity index (χ2n) is 7.22. The highest BCUT2D eigenvalue weighted by Gasteiger charge is 2.21. The van der Waals surface area contributed by atoms with Crippen LogP contribution in [0.15, 0.2) is 71.6 Å². The average Bonchev–Trinajstić information content (AvgIpc) is 3.40. The Morgan fingerprint density at radius 3 is 2.59 bits per heavy atom. The number of nitrogens with zero attached hydrogens (tertiary/aromatic N) is 3. The van der Waals surface area contributed by atoms with E-state index < -0.39 is 0 Å². The number of pyridine rings is 1. The van der Waals surface area contributed by atoms with Gasteiger partial charge in [0, 0.05) is 44.0 Å². The predicted octanol–water partition coefficient (Wildman–Crippen LogP) is 3.64. The molecule has 3 aromatic rings. The maximum absolute atomic E-state index is 13.2. The fourth-order valence-electron chi connectivity index (χ4n) is 3.53. The molecule has 0 radical (unpaired) electrons. The molecule has 0 bridgehead atoms. The summed E-state index contributed by atoms with van der Waals surface area (Å²) in [5, 5.41) is 0. The highest BCUT2D eigenvalue weighted by molar-refractivity contribution is 5.94. The van der Waals surface area contributed by atoms with Gasteiger partial charge in [-0.1, -0.05) is 18.2 Å². The molecule has 1 aromatic carbocycles. The third-order valence-electron chi connectivity index (χ3n) is 5.06. The van der Waals surface area contributed by atoms with Crippen LogP contribution in [0.4, 0.5) is 0 Å². The van der Waals surface area contributed by atoms with Crippen LogP contribution in [0.25, 0.3) is 0 Å². The van der Waals surface area contributed by atoms with Gasteiger partial charge < -0.3 is 14.2 Å². The van der Waals surface area contributed by atoms with Crippen LogP contribution >= 0.6 is 0 Å². The summed E-state index contributed by atoms with van der Waals surface area (Å²) in [6.45, 7) is 2.23. The molecule has 0 unspecified atom stereocenters. The van der Waals surface area contributed by atoms with Crippen molar-refractivity contribution >= 4 is 11.8 Å². The van der Waals surface area contributed by atoms with E-state index in [1.807, 2.05) is 53.4 Å². The van der Waals surface area contributed by atoms with Crippen molar-refractivity contribution in [2.45, 2.75) is 32.5 Å². The van der Waals surface area contributed by atoms with Gasteiger partial charge >= 0.3 is 0 Å². The minimum atomic E-state index is -0.0750. The van der Waals surface area contributed by atoms with E-state index in [-0.39, 0.29) is 11.8 Å². The molecule has 6 nitrogen and oxygen atoms in total. The van der Waals surface area contributed by atoms with Gasteiger partial charge in [-0.3, -0.25) is 14.6 Å². The van der Waals surface area contributed by atoms with Crippen LogP contribution in [0.2, 0.25) is 0 Å². The number of hydrogen-bond donors (Lipinski definition) is 0. The molecule has 1 saturated heterocycles. The van der Waals surface area contributed by atoms with E-state index in [0.29, 0.717) is 31.6 Å². The van der Waals surface area contributed by atoms with E-state index >= 15 is 0 Å². The third kappa shape index (κ3) is 4.71. The van der Waals surface area contributed by atoms with E-state index in [9.17, 15) is 9.59 Å². The van der Waals surface area contributed by atoms with Crippen LogP contribution in [-0.4, -0.2) is 33.1 Å². The molecule has 0 N–H and O–H groups in total. The first kappa shape index (κ1) is 18.9. The smallest absolute Gasteiger partial charge is 0.254 e. The Bertz CT molecular complexity index is 953. The van der Waals surface area contributed by atoms with Crippen LogP contribution < -0.4 is 0 Å². The molecular weight excluding hydrogens is 366 g/mol. The van der Waals surface area contributed by atoms with Gasteiger partial charge in [0.05, 0.1) is 12.8 Å². The molecule has 148 valence electrons. The van der Waals surface area contributed by atoms with Crippen LogP contribution in [-0.2, 0) is 24.4 Å². The van der Waals surface area contributed by atoms with Crippen LogP contribution in [0, 0.1) is 0 Å². The standard InChI is InChI=1S/C23H23N3O3/c27-22-6-2-12-25(22)15-18-7-9-20(10-8-18)23(28)26(17-21-5-3-13-29-21)16-19-4-1-11-24-14-19/h1,3-5,7-11,13-14H,2,6,12,15-17H2. The van der Waals surface area contributed by atoms with Gasteiger partial charge in [0.25, 0.3) is 5.91 Å². The van der Waals surface area contributed by atoms with Crippen molar-refractivity contribution in [2.24, 2.45) is 0 Å². The van der Waals surface area contributed by atoms with E-state index in [1.54, 1.807) is 23.6 Å². The Morgan fingerprint density at radius 2 is 1.93 bits per heavy atom. The summed E-state index contributed by atoms with van der Waals surface area (Å²) in [5.74, 6) is 0.853. The van der Waals surface area contributed by atoms with Crippen molar-refractivity contribution in [3.63, 3.8) is 0 Å². The number of carbonyl (C=O) groups excluding carboxylic acids is 2.